The third kappa shape index (κ3) is 5.54. The molecule has 0 aromatic heterocycles. The summed E-state index contributed by atoms with van der Waals surface area (Å²) in [4.78, 5) is 23.6. The van der Waals surface area contributed by atoms with Gasteiger partial charge in [0.1, 0.15) is 5.82 Å². The van der Waals surface area contributed by atoms with Gasteiger partial charge in [0, 0.05) is 18.7 Å². The van der Waals surface area contributed by atoms with Crippen molar-refractivity contribution in [2.24, 2.45) is 5.73 Å². The number of benzene rings is 2. The van der Waals surface area contributed by atoms with Crippen LogP contribution in [0.4, 0.5) is 10.1 Å². The molecule has 2 aromatic carbocycles. The van der Waals surface area contributed by atoms with Crippen LogP contribution in [0.2, 0.25) is 5.02 Å². The van der Waals surface area contributed by atoms with E-state index in [4.69, 9.17) is 17.3 Å². The Morgan fingerprint density at radius 1 is 1.23 bits per heavy atom. The van der Waals surface area contributed by atoms with E-state index < -0.39 is 17.8 Å². The quantitative estimate of drug-likeness (QED) is 0.693. The number of amides is 2. The molecule has 0 fully saturated rings. The molecule has 2 aromatic rings. The molecule has 1 atom stereocenters. The predicted octanol–water partition coefficient (Wildman–Crippen LogP) is 3.01. The van der Waals surface area contributed by atoms with Gasteiger partial charge in [-0.15, -0.1) is 0 Å². The van der Waals surface area contributed by atoms with Gasteiger partial charge in [-0.1, -0.05) is 42.8 Å². The zero-order chi connectivity index (χ0) is 19.1. The van der Waals surface area contributed by atoms with Gasteiger partial charge in [-0.3, -0.25) is 9.59 Å². The van der Waals surface area contributed by atoms with E-state index in [0.29, 0.717) is 17.7 Å². The molecule has 0 spiro atoms. The molecule has 5 nitrogen and oxygen atoms in total. The van der Waals surface area contributed by atoms with Crippen molar-refractivity contribution in [3.8, 4) is 0 Å². The van der Waals surface area contributed by atoms with Gasteiger partial charge >= 0.3 is 0 Å². The molecule has 0 radical (unpaired) electrons. The van der Waals surface area contributed by atoms with Crippen molar-refractivity contribution in [2.45, 2.75) is 32.4 Å². The van der Waals surface area contributed by atoms with Crippen LogP contribution in [0.25, 0.3) is 0 Å². The molecule has 0 aliphatic heterocycles. The summed E-state index contributed by atoms with van der Waals surface area (Å²) < 4.78 is 13.9. The molecule has 26 heavy (non-hydrogen) atoms. The molecule has 2 amide bonds. The van der Waals surface area contributed by atoms with E-state index >= 15 is 0 Å². The van der Waals surface area contributed by atoms with Gasteiger partial charge in [-0.05, 0) is 35.7 Å². The standard InChI is InChI=1S/C19H21ClFN3O2/c1-2-17(25)24-14-7-3-5-12(9-14)11-23-19(26)16(22)10-13-6-4-8-15(20)18(13)21/h3-9,16H,2,10-11,22H2,1H3,(H,23,26)(H,24,25). The molecular weight excluding hydrogens is 357 g/mol. The van der Waals surface area contributed by atoms with Crippen molar-refractivity contribution in [3.05, 3.63) is 64.4 Å². The second-order valence-electron chi connectivity index (χ2n) is 5.84. The van der Waals surface area contributed by atoms with Gasteiger partial charge in [0.2, 0.25) is 11.8 Å². The monoisotopic (exact) mass is 377 g/mol. The smallest absolute Gasteiger partial charge is 0.237 e. The second-order valence-corrected chi connectivity index (χ2v) is 6.25. The lowest BCUT2D eigenvalue weighted by Gasteiger charge is -2.14. The van der Waals surface area contributed by atoms with Gasteiger partial charge < -0.3 is 16.4 Å². The van der Waals surface area contributed by atoms with E-state index in [1.807, 2.05) is 6.07 Å². The van der Waals surface area contributed by atoms with Crippen molar-refractivity contribution in [1.82, 2.24) is 5.32 Å². The van der Waals surface area contributed by atoms with E-state index in [0.717, 1.165) is 5.56 Å². The highest BCUT2D eigenvalue weighted by molar-refractivity contribution is 6.30. The van der Waals surface area contributed by atoms with Crippen molar-refractivity contribution in [1.29, 1.82) is 0 Å². The molecule has 1 unspecified atom stereocenters. The number of carbonyl (C=O) groups excluding carboxylic acids is 2. The molecule has 0 bridgehead atoms. The number of carbonyl (C=O) groups is 2. The molecule has 2 rings (SSSR count). The first-order valence-corrected chi connectivity index (χ1v) is 8.63. The van der Waals surface area contributed by atoms with Crippen molar-refractivity contribution in [3.63, 3.8) is 0 Å². The number of hydrogen-bond acceptors (Lipinski definition) is 3. The topological polar surface area (TPSA) is 84.2 Å². The highest BCUT2D eigenvalue weighted by Gasteiger charge is 2.17. The third-order valence-corrected chi connectivity index (χ3v) is 4.10. The zero-order valence-electron chi connectivity index (χ0n) is 14.4. The predicted molar refractivity (Wildman–Crippen MR) is 100 cm³/mol. The Kier molecular flexibility index (Phi) is 7.12. The van der Waals surface area contributed by atoms with Gasteiger partial charge in [-0.25, -0.2) is 4.39 Å². The highest BCUT2D eigenvalue weighted by Crippen LogP contribution is 2.19. The van der Waals surface area contributed by atoms with Crippen molar-refractivity contribution < 1.29 is 14.0 Å². The van der Waals surface area contributed by atoms with E-state index in [2.05, 4.69) is 10.6 Å². The lowest BCUT2D eigenvalue weighted by molar-refractivity contribution is -0.122. The molecule has 0 heterocycles. The lowest BCUT2D eigenvalue weighted by atomic mass is 10.1. The number of nitrogens with two attached hydrogens (primary N) is 1. The summed E-state index contributed by atoms with van der Waals surface area (Å²) in [5.74, 6) is -1.04. The summed E-state index contributed by atoms with van der Waals surface area (Å²) in [6.45, 7) is 2.02. The number of hydrogen-bond donors (Lipinski definition) is 3. The van der Waals surface area contributed by atoms with Gasteiger partial charge in [-0.2, -0.15) is 0 Å². The fourth-order valence-electron chi connectivity index (χ4n) is 2.36. The van der Waals surface area contributed by atoms with Gasteiger partial charge in [0.25, 0.3) is 0 Å². The summed E-state index contributed by atoms with van der Waals surface area (Å²) in [6.07, 6.45) is 0.431. The average molecular weight is 378 g/mol. The molecular formula is C19H21ClFN3O2. The number of halogens is 2. The van der Waals surface area contributed by atoms with E-state index in [9.17, 15) is 14.0 Å². The summed E-state index contributed by atoms with van der Waals surface area (Å²) in [5, 5.41) is 5.47. The minimum Gasteiger partial charge on any atom is -0.351 e. The molecule has 0 aliphatic carbocycles. The Labute approximate surface area is 156 Å². The van der Waals surface area contributed by atoms with Crippen molar-refractivity contribution in [2.75, 3.05) is 5.32 Å². The van der Waals surface area contributed by atoms with E-state index in [1.165, 1.54) is 6.07 Å². The number of anilines is 1. The average Bonchev–Trinajstić information content (AvgIpc) is 2.63. The molecule has 4 N–H and O–H groups in total. The highest BCUT2D eigenvalue weighted by atomic mass is 35.5. The Morgan fingerprint density at radius 2 is 1.96 bits per heavy atom. The minimum absolute atomic E-state index is 0.000972. The van der Waals surface area contributed by atoms with Gasteiger partial charge in [0.05, 0.1) is 11.1 Å². The first-order valence-electron chi connectivity index (χ1n) is 8.25. The Hall–Kier alpha value is -2.44. The van der Waals surface area contributed by atoms with Crippen LogP contribution in [0.15, 0.2) is 42.5 Å². The van der Waals surface area contributed by atoms with E-state index in [1.54, 1.807) is 37.3 Å². The maximum absolute atomic E-state index is 13.9. The molecule has 0 aliphatic rings. The van der Waals surface area contributed by atoms with Gasteiger partial charge in [0.15, 0.2) is 0 Å². The van der Waals surface area contributed by atoms with Crippen molar-refractivity contribution >= 4 is 29.1 Å². The van der Waals surface area contributed by atoms with Crippen LogP contribution in [0.1, 0.15) is 24.5 Å². The Morgan fingerprint density at radius 3 is 2.69 bits per heavy atom. The maximum Gasteiger partial charge on any atom is 0.237 e. The second kappa shape index (κ2) is 9.31. The Bertz CT molecular complexity index is 798. The van der Waals surface area contributed by atoms with Crippen LogP contribution in [0.5, 0.6) is 0 Å². The first-order chi connectivity index (χ1) is 12.4. The normalized spacial score (nSPS) is 11.7. The summed E-state index contributed by atoms with van der Waals surface area (Å²) in [6, 6.07) is 10.9. The molecule has 7 heteroatoms. The van der Waals surface area contributed by atoms with Crippen LogP contribution in [-0.4, -0.2) is 17.9 Å². The molecule has 138 valence electrons. The summed E-state index contributed by atoms with van der Waals surface area (Å²) >= 11 is 5.73. The van der Waals surface area contributed by atoms with Crippen LogP contribution < -0.4 is 16.4 Å². The lowest BCUT2D eigenvalue weighted by Crippen LogP contribution is -2.41. The fourth-order valence-corrected chi connectivity index (χ4v) is 2.56. The molecule has 0 saturated carbocycles. The summed E-state index contributed by atoms with van der Waals surface area (Å²) in [7, 11) is 0. The van der Waals surface area contributed by atoms with Crippen LogP contribution in [0, 0.1) is 5.82 Å². The first kappa shape index (κ1) is 19.9. The van der Waals surface area contributed by atoms with Crippen LogP contribution in [-0.2, 0) is 22.6 Å². The fraction of sp³-hybridized carbons (Fsp3) is 0.263. The summed E-state index contributed by atoms with van der Waals surface area (Å²) in [5.41, 5.74) is 7.64. The minimum atomic E-state index is -0.897. The Balaban J connectivity index is 1.92. The van der Waals surface area contributed by atoms with Crippen LogP contribution >= 0.6 is 11.6 Å². The SMILES string of the molecule is CCC(=O)Nc1cccc(CNC(=O)C(N)Cc2cccc(Cl)c2F)c1. The zero-order valence-corrected chi connectivity index (χ0v) is 15.1. The van der Waals surface area contributed by atoms with Crippen LogP contribution in [0.3, 0.4) is 0 Å². The largest absolute Gasteiger partial charge is 0.351 e. The third-order valence-electron chi connectivity index (χ3n) is 3.81. The maximum atomic E-state index is 13.9. The van der Waals surface area contributed by atoms with E-state index in [-0.39, 0.29) is 23.9 Å². The number of nitrogens with one attached hydrogen (secondary N) is 2. The number of rotatable bonds is 7. The molecule has 0 saturated heterocycles.